The number of carbonyl (C=O) groups is 1. The van der Waals surface area contributed by atoms with Gasteiger partial charge in [-0.25, -0.2) is 5.43 Å². The van der Waals surface area contributed by atoms with Gasteiger partial charge in [-0.1, -0.05) is 54.6 Å². The number of allylic oxidation sites excluding steroid dienone is 1. The van der Waals surface area contributed by atoms with Crippen LogP contribution in [0, 0.1) is 18.3 Å². The number of hydrazone groups is 1. The van der Waals surface area contributed by atoms with Gasteiger partial charge in [0.15, 0.2) is 0 Å². The molecular weight excluding hydrogens is 600 g/mol. The van der Waals surface area contributed by atoms with E-state index in [1.54, 1.807) is 30.5 Å². The summed E-state index contributed by atoms with van der Waals surface area (Å²) in [7, 11) is 0. The zero-order valence-corrected chi connectivity index (χ0v) is 25.2. The van der Waals surface area contributed by atoms with Crippen molar-refractivity contribution in [1.82, 2.24) is 9.99 Å². The van der Waals surface area contributed by atoms with Crippen LogP contribution in [0.2, 0.25) is 0 Å². The van der Waals surface area contributed by atoms with Gasteiger partial charge in [0.05, 0.1) is 28.0 Å². The van der Waals surface area contributed by atoms with Gasteiger partial charge in [0.2, 0.25) is 0 Å². The molecule has 0 saturated carbocycles. The van der Waals surface area contributed by atoms with Crippen molar-refractivity contribution in [3.8, 4) is 28.8 Å². The summed E-state index contributed by atoms with van der Waals surface area (Å²) in [6.45, 7) is 6.18. The summed E-state index contributed by atoms with van der Waals surface area (Å²) in [6, 6.07) is 35.2. The van der Waals surface area contributed by atoms with Crippen molar-refractivity contribution in [2.45, 2.75) is 20.0 Å². The Kier molecular flexibility index (Phi) is 9.30. The number of aryl methyl sites for hydroxylation is 1. The molecule has 5 rings (SSSR count). The van der Waals surface area contributed by atoms with E-state index in [1.807, 2.05) is 60.7 Å². The molecule has 6 nitrogen and oxygen atoms in total. The van der Waals surface area contributed by atoms with Gasteiger partial charge in [-0.05, 0) is 101 Å². The Hall–Kier alpha value is -5.19. The average molecular weight is 630 g/mol. The van der Waals surface area contributed by atoms with E-state index < -0.39 is 0 Å². The molecule has 7 heteroatoms. The van der Waals surface area contributed by atoms with Gasteiger partial charge in [0.1, 0.15) is 12.4 Å². The molecule has 0 saturated heterocycles. The van der Waals surface area contributed by atoms with Crippen LogP contribution >= 0.6 is 15.9 Å². The second-order valence-electron chi connectivity index (χ2n) is 9.85. The Balaban J connectivity index is 1.27. The van der Waals surface area contributed by atoms with Gasteiger partial charge < -0.3 is 9.30 Å². The van der Waals surface area contributed by atoms with Crippen LogP contribution in [0.3, 0.4) is 0 Å². The SMILES string of the molecule is C=CCc1cc(/C=N/NC(=O)c2ccc(-n3c(C)ccc3-c3ccccc3)cc2)cc(Br)c1OCc1ccccc1C#N. The minimum Gasteiger partial charge on any atom is -0.487 e. The Morgan fingerprint density at radius 2 is 1.74 bits per heavy atom. The Morgan fingerprint density at radius 3 is 2.49 bits per heavy atom. The fraction of sp³-hybridized carbons (Fsp3) is 0.0833. The quantitative estimate of drug-likeness (QED) is 0.0962. The van der Waals surface area contributed by atoms with E-state index in [1.165, 1.54) is 0 Å². The average Bonchev–Trinajstić information content (AvgIpc) is 3.42. The largest absolute Gasteiger partial charge is 0.487 e. The third kappa shape index (κ3) is 6.83. The van der Waals surface area contributed by atoms with Crippen LogP contribution in [0.25, 0.3) is 16.9 Å². The van der Waals surface area contributed by atoms with Crippen molar-refractivity contribution in [2.75, 3.05) is 0 Å². The van der Waals surface area contributed by atoms with Gasteiger partial charge in [-0.2, -0.15) is 10.4 Å². The highest BCUT2D eigenvalue weighted by Crippen LogP contribution is 2.32. The maximum atomic E-state index is 12.9. The maximum absolute atomic E-state index is 12.9. The number of carbonyl (C=O) groups excluding carboxylic acids is 1. The summed E-state index contributed by atoms with van der Waals surface area (Å²) >= 11 is 3.61. The van der Waals surface area contributed by atoms with Crippen LogP contribution in [0.5, 0.6) is 5.75 Å². The minimum absolute atomic E-state index is 0.256. The number of amides is 1. The van der Waals surface area contributed by atoms with Crippen molar-refractivity contribution in [3.63, 3.8) is 0 Å². The van der Waals surface area contributed by atoms with E-state index in [0.29, 0.717) is 23.3 Å². The molecule has 0 spiro atoms. The Labute approximate surface area is 259 Å². The Bertz CT molecular complexity index is 1830. The highest BCUT2D eigenvalue weighted by atomic mass is 79.9. The molecule has 0 atom stereocenters. The lowest BCUT2D eigenvalue weighted by Crippen LogP contribution is -2.17. The molecule has 1 aromatic heterocycles. The summed E-state index contributed by atoms with van der Waals surface area (Å²) in [4.78, 5) is 12.9. The fourth-order valence-electron chi connectivity index (χ4n) is 4.83. The van der Waals surface area contributed by atoms with E-state index in [9.17, 15) is 10.1 Å². The lowest BCUT2D eigenvalue weighted by atomic mass is 10.1. The third-order valence-corrected chi connectivity index (χ3v) is 7.52. The lowest BCUT2D eigenvalue weighted by Gasteiger charge is -2.14. The van der Waals surface area contributed by atoms with Crippen molar-refractivity contribution in [1.29, 1.82) is 5.26 Å². The maximum Gasteiger partial charge on any atom is 0.271 e. The first kappa shape index (κ1) is 29.3. The molecule has 0 unspecified atom stereocenters. The molecule has 0 fully saturated rings. The molecule has 0 radical (unpaired) electrons. The highest BCUT2D eigenvalue weighted by molar-refractivity contribution is 9.10. The zero-order valence-electron chi connectivity index (χ0n) is 23.6. The van der Waals surface area contributed by atoms with Crippen LogP contribution in [0.15, 0.2) is 125 Å². The van der Waals surface area contributed by atoms with Crippen LogP contribution in [-0.2, 0) is 13.0 Å². The molecule has 4 aromatic carbocycles. The number of hydrogen-bond donors (Lipinski definition) is 1. The number of hydrogen-bond acceptors (Lipinski definition) is 4. The van der Waals surface area contributed by atoms with E-state index in [0.717, 1.165) is 43.8 Å². The van der Waals surface area contributed by atoms with Gasteiger partial charge in [-0.3, -0.25) is 4.79 Å². The topological polar surface area (TPSA) is 79.4 Å². The molecule has 1 amide bonds. The van der Waals surface area contributed by atoms with Crippen LogP contribution in [0.1, 0.15) is 38.3 Å². The number of benzene rings is 4. The molecular formula is C36H29BrN4O2. The predicted octanol–water partition coefficient (Wildman–Crippen LogP) is 8.16. The minimum atomic E-state index is -0.309. The van der Waals surface area contributed by atoms with Crippen LogP contribution in [-0.4, -0.2) is 16.7 Å². The number of nitrogens with zero attached hydrogens (tertiary/aromatic N) is 3. The fourth-order valence-corrected chi connectivity index (χ4v) is 5.46. The van der Waals surface area contributed by atoms with E-state index >= 15 is 0 Å². The van der Waals surface area contributed by atoms with Crippen molar-refractivity contribution < 1.29 is 9.53 Å². The van der Waals surface area contributed by atoms with Crippen molar-refractivity contribution >= 4 is 28.1 Å². The summed E-state index contributed by atoms with van der Waals surface area (Å²) in [5, 5.41) is 13.6. The smallest absolute Gasteiger partial charge is 0.271 e. The first-order valence-corrected chi connectivity index (χ1v) is 14.5. The molecule has 1 heterocycles. The Morgan fingerprint density at radius 1 is 1.00 bits per heavy atom. The first-order valence-electron chi connectivity index (χ1n) is 13.7. The number of nitriles is 1. The predicted molar refractivity (Wildman–Crippen MR) is 175 cm³/mol. The van der Waals surface area contributed by atoms with Gasteiger partial charge in [0.25, 0.3) is 5.91 Å². The van der Waals surface area contributed by atoms with Crippen LogP contribution < -0.4 is 10.2 Å². The van der Waals surface area contributed by atoms with Crippen LogP contribution in [0.4, 0.5) is 0 Å². The summed E-state index contributed by atoms with van der Waals surface area (Å²) in [6.07, 6.45) is 3.96. The van der Waals surface area contributed by atoms with E-state index in [2.05, 4.69) is 74.9 Å². The molecule has 5 aromatic rings. The van der Waals surface area contributed by atoms with E-state index in [4.69, 9.17) is 4.74 Å². The number of halogens is 1. The second kappa shape index (κ2) is 13.6. The summed E-state index contributed by atoms with van der Waals surface area (Å²) in [5.74, 6) is 0.360. The standard InChI is InChI=1S/C36H29BrN4O2/c1-3-9-29-20-26(21-33(37)35(29)43-24-31-13-8-7-12-30(31)22-38)23-39-40-36(42)28-15-17-32(18-16-28)41-25(2)14-19-34(41)27-10-5-4-6-11-27/h3-8,10-21,23H,1,9,24H2,2H3,(H,40,42)/b39-23+. The highest BCUT2D eigenvalue weighted by Gasteiger charge is 2.13. The summed E-state index contributed by atoms with van der Waals surface area (Å²) < 4.78 is 9.03. The number of nitrogens with one attached hydrogen (secondary N) is 1. The number of aromatic nitrogens is 1. The normalized spacial score (nSPS) is 10.8. The van der Waals surface area contributed by atoms with Gasteiger partial charge in [-0.15, -0.1) is 6.58 Å². The molecule has 212 valence electrons. The molecule has 0 aliphatic heterocycles. The first-order chi connectivity index (χ1) is 21.0. The second-order valence-corrected chi connectivity index (χ2v) is 10.7. The van der Waals surface area contributed by atoms with E-state index in [-0.39, 0.29) is 12.5 Å². The summed E-state index contributed by atoms with van der Waals surface area (Å²) in [5.41, 5.74) is 10.5. The molecule has 1 N–H and O–H groups in total. The lowest BCUT2D eigenvalue weighted by molar-refractivity contribution is 0.0955. The number of ether oxygens (including phenoxy) is 1. The monoisotopic (exact) mass is 628 g/mol. The zero-order chi connectivity index (χ0) is 30.2. The van der Waals surface area contributed by atoms with Gasteiger partial charge in [0, 0.05) is 22.5 Å². The molecule has 0 aliphatic carbocycles. The third-order valence-electron chi connectivity index (χ3n) is 6.93. The number of rotatable bonds is 10. The molecule has 0 aliphatic rings. The molecule has 43 heavy (non-hydrogen) atoms. The van der Waals surface area contributed by atoms with Gasteiger partial charge >= 0.3 is 0 Å². The van der Waals surface area contributed by atoms with Crippen molar-refractivity contribution in [2.24, 2.45) is 5.10 Å². The molecule has 0 bridgehead atoms. The van der Waals surface area contributed by atoms with Crippen molar-refractivity contribution in [3.05, 3.63) is 154 Å².